The molecule has 0 radical (unpaired) electrons. The van der Waals surface area contributed by atoms with E-state index in [4.69, 9.17) is 6.57 Å². The van der Waals surface area contributed by atoms with E-state index in [1.165, 1.54) is 61.2 Å². The van der Waals surface area contributed by atoms with E-state index in [2.05, 4.69) is 137 Å². The van der Waals surface area contributed by atoms with Gasteiger partial charge in [0, 0.05) is 12.4 Å². The Balaban J connectivity index is 1.38. The molecule has 45 heavy (non-hydrogen) atoms. The van der Waals surface area contributed by atoms with Gasteiger partial charge in [-0.05, 0) is 84.0 Å². The number of aromatic nitrogens is 1. The van der Waals surface area contributed by atoms with Crippen LogP contribution in [0.15, 0.2) is 158 Å². The molecular weight excluding hydrogens is 544 g/mol. The first-order valence-electron chi connectivity index (χ1n) is 15.2. The van der Waals surface area contributed by atoms with Crippen molar-refractivity contribution in [1.82, 2.24) is 4.98 Å². The monoisotopic (exact) mass is 570 g/mol. The molecule has 208 valence electrons. The van der Waals surface area contributed by atoms with Gasteiger partial charge < -0.3 is 0 Å². The highest BCUT2D eigenvalue weighted by Gasteiger charge is 2.53. The third-order valence-corrected chi connectivity index (χ3v) is 9.62. The quantitative estimate of drug-likeness (QED) is 0.193. The largest absolute Gasteiger partial charge is 0.264 e. The maximum atomic E-state index is 7.51. The molecule has 2 heteroatoms. The minimum atomic E-state index is -0.508. The average molecular weight is 571 g/mol. The van der Waals surface area contributed by atoms with E-state index in [1.54, 1.807) is 0 Å². The number of nitrogens with zero attached hydrogens (tertiary/aromatic N) is 2. The summed E-state index contributed by atoms with van der Waals surface area (Å²) in [4.78, 5) is 7.99. The third-order valence-electron chi connectivity index (χ3n) is 9.62. The van der Waals surface area contributed by atoms with Gasteiger partial charge in [-0.15, -0.1) is 0 Å². The summed E-state index contributed by atoms with van der Waals surface area (Å²) in [6, 6.07) is 52.5. The summed E-state index contributed by atoms with van der Waals surface area (Å²) in [5, 5.41) is 0. The molecule has 1 heterocycles. The predicted molar refractivity (Wildman–Crippen MR) is 183 cm³/mol. The van der Waals surface area contributed by atoms with Crippen LogP contribution in [-0.2, 0) is 5.41 Å². The minimum Gasteiger partial charge on any atom is -0.264 e. The summed E-state index contributed by atoms with van der Waals surface area (Å²) in [5.41, 5.74) is 17.5. The van der Waals surface area contributed by atoms with Gasteiger partial charge in [-0.3, -0.25) is 4.98 Å². The highest BCUT2D eigenvalue weighted by molar-refractivity contribution is 6.01. The Labute approximate surface area is 262 Å². The first kappa shape index (κ1) is 25.5. The van der Waals surface area contributed by atoms with E-state index in [9.17, 15) is 0 Å². The molecule has 0 fully saturated rings. The van der Waals surface area contributed by atoms with Crippen LogP contribution in [0.5, 0.6) is 0 Å². The number of pyridine rings is 1. The maximum absolute atomic E-state index is 7.51. The molecule has 6 aromatic carbocycles. The molecule has 7 aromatic rings. The number of fused-ring (bicyclic) bond motifs is 10. The van der Waals surface area contributed by atoms with Crippen LogP contribution in [0.2, 0.25) is 0 Å². The third kappa shape index (κ3) is 3.53. The first-order chi connectivity index (χ1) is 22.3. The maximum Gasteiger partial charge on any atom is 0.187 e. The number of hydrogen-bond acceptors (Lipinski definition) is 1. The van der Waals surface area contributed by atoms with E-state index in [-0.39, 0.29) is 0 Å². The second kappa shape index (κ2) is 9.74. The van der Waals surface area contributed by atoms with Crippen LogP contribution in [0.1, 0.15) is 22.3 Å². The Bertz CT molecular complexity index is 2260. The Morgan fingerprint density at radius 1 is 0.422 bits per heavy atom. The van der Waals surface area contributed by atoms with E-state index in [1.807, 2.05) is 30.6 Å². The molecule has 0 atom stereocenters. The molecule has 0 N–H and O–H groups in total. The van der Waals surface area contributed by atoms with Crippen molar-refractivity contribution in [3.63, 3.8) is 0 Å². The summed E-state index contributed by atoms with van der Waals surface area (Å²) in [7, 11) is 0. The molecule has 0 amide bonds. The van der Waals surface area contributed by atoms with Gasteiger partial charge in [0.15, 0.2) is 5.69 Å². The molecule has 0 saturated heterocycles. The van der Waals surface area contributed by atoms with Crippen molar-refractivity contribution < 1.29 is 0 Å². The Hall–Kier alpha value is -6.04. The lowest BCUT2D eigenvalue weighted by molar-refractivity contribution is 0.797. The van der Waals surface area contributed by atoms with Gasteiger partial charge in [0.25, 0.3) is 0 Å². The molecule has 0 unspecified atom stereocenters. The molecule has 2 nitrogen and oxygen atoms in total. The second-order valence-corrected chi connectivity index (χ2v) is 11.8. The standard InChI is InChI=1S/C43H26N2/c1-44-32-24-22-30(23-25-32)34-13-7-15-38-37-14-6-12-33(29-20-18-28(19-21-29)31-9-8-26-45-27-31)41(37)43(42(34)38)39-16-4-2-10-35(39)36-11-3-5-17-40(36)43/h2-27H. The van der Waals surface area contributed by atoms with E-state index < -0.39 is 5.41 Å². The molecule has 2 aliphatic carbocycles. The zero-order valence-corrected chi connectivity index (χ0v) is 24.4. The first-order valence-corrected chi connectivity index (χ1v) is 15.2. The van der Waals surface area contributed by atoms with Gasteiger partial charge in [-0.2, -0.15) is 0 Å². The van der Waals surface area contributed by atoms with Gasteiger partial charge in [-0.25, -0.2) is 4.85 Å². The van der Waals surface area contributed by atoms with Crippen molar-refractivity contribution in [2.75, 3.05) is 0 Å². The molecule has 0 saturated carbocycles. The molecule has 1 aromatic heterocycles. The van der Waals surface area contributed by atoms with Gasteiger partial charge >= 0.3 is 0 Å². The average Bonchev–Trinajstić information content (AvgIpc) is 3.60. The number of rotatable bonds is 3. The smallest absolute Gasteiger partial charge is 0.187 e. The lowest BCUT2D eigenvalue weighted by Gasteiger charge is -2.33. The summed E-state index contributed by atoms with van der Waals surface area (Å²) in [6.45, 7) is 7.51. The molecule has 1 spiro atoms. The fourth-order valence-electron chi connectivity index (χ4n) is 7.83. The lowest BCUT2D eigenvalue weighted by atomic mass is 9.67. The Morgan fingerprint density at radius 2 is 0.911 bits per heavy atom. The van der Waals surface area contributed by atoms with Crippen LogP contribution >= 0.6 is 0 Å². The summed E-state index contributed by atoms with van der Waals surface area (Å²) < 4.78 is 0. The Morgan fingerprint density at radius 3 is 1.44 bits per heavy atom. The second-order valence-electron chi connectivity index (χ2n) is 11.8. The predicted octanol–water partition coefficient (Wildman–Crippen LogP) is 11.0. The van der Waals surface area contributed by atoms with E-state index >= 15 is 0 Å². The van der Waals surface area contributed by atoms with Gasteiger partial charge in [0.2, 0.25) is 0 Å². The molecule has 0 aliphatic heterocycles. The van der Waals surface area contributed by atoms with Crippen LogP contribution in [0, 0.1) is 6.57 Å². The summed E-state index contributed by atoms with van der Waals surface area (Å²) in [5.74, 6) is 0. The zero-order chi connectivity index (χ0) is 30.0. The molecule has 2 aliphatic rings. The van der Waals surface area contributed by atoms with E-state index in [0.717, 1.165) is 16.7 Å². The fourth-order valence-corrected chi connectivity index (χ4v) is 7.83. The van der Waals surface area contributed by atoms with Crippen LogP contribution in [0.25, 0.3) is 60.5 Å². The highest BCUT2D eigenvalue weighted by Crippen LogP contribution is 2.66. The van der Waals surface area contributed by atoms with Crippen molar-refractivity contribution in [2.24, 2.45) is 0 Å². The fraction of sp³-hybridized carbons (Fsp3) is 0.0233. The molecule has 0 bridgehead atoms. The number of hydrogen-bond donors (Lipinski definition) is 0. The van der Waals surface area contributed by atoms with Crippen LogP contribution in [0.3, 0.4) is 0 Å². The minimum absolute atomic E-state index is 0.508. The van der Waals surface area contributed by atoms with Crippen molar-refractivity contribution in [3.05, 3.63) is 192 Å². The van der Waals surface area contributed by atoms with Gasteiger partial charge in [0.05, 0.1) is 12.0 Å². The summed E-state index contributed by atoms with van der Waals surface area (Å²) >= 11 is 0. The lowest BCUT2D eigenvalue weighted by Crippen LogP contribution is -2.27. The van der Waals surface area contributed by atoms with Crippen molar-refractivity contribution in [1.29, 1.82) is 0 Å². The van der Waals surface area contributed by atoms with Crippen molar-refractivity contribution >= 4 is 5.69 Å². The van der Waals surface area contributed by atoms with Crippen LogP contribution in [-0.4, -0.2) is 4.98 Å². The Kier molecular flexibility index (Phi) is 5.51. The van der Waals surface area contributed by atoms with Gasteiger partial charge in [0.1, 0.15) is 0 Å². The zero-order valence-electron chi connectivity index (χ0n) is 24.4. The van der Waals surface area contributed by atoms with Crippen LogP contribution < -0.4 is 0 Å². The summed E-state index contributed by atoms with van der Waals surface area (Å²) in [6.07, 6.45) is 3.73. The van der Waals surface area contributed by atoms with Gasteiger partial charge in [-0.1, -0.05) is 140 Å². The number of benzene rings is 6. The highest BCUT2D eigenvalue weighted by atomic mass is 14.6. The SMILES string of the molecule is [C-]#[N+]c1ccc(-c2cccc3c2C2(c4ccccc4-c4ccccc42)c2c(-c4ccc(-c5cccnc5)cc4)cccc2-3)cc1. The molecular formula is C43H26N2. The van der Waals surface area contributed by atoms with Crippen molar-refractivity contribution in [3.8, 4) is 55.6 Å². The van der Waals surface area contributed by atoms with Crippen LogP contribution in [0.4, 0.5) is 5.69 Å². The van der Waals surface area contributed by atoms with E-state index in [0.29, 0.717) is 5.69 Å². The molecule has 9 rings (SSSR count). The topological polar surface area (TPSA) is 17.2 Å². The normalized spacial score (nSPS) is 13.0. The van der Waals surface area contributed by atoms with Crippen molar-refractivity contribution in [2.45, 2.75) is 5.41 Å².